The van der Waals surface area contributed by atoms with Crippen LogP contribution in [0.5, 0.6) is 0 Å². The molecule has 0 aliphatic carbocycles. The number of benzene rings is 2. The second-order valence-electron chi connectivity index (χ2n) is 6.35. The van der Waals surface area contributed by atoms with Gasteiger partial charge in [0.1, 0.15) is 5.60 Å². The maximum absolute atomic E-state index is 12.0. The third-order valence-corrected chi connectivity index (χ3v) is 5.52. The van der Waals surface area contributed by atoms with E-state index in [1.54, 1.807) is 25.3 Å². The van der Waals surface area contributed by atoms with Gasteiger partial charge in [0, 0.05) is 18.2 Å². The van der Waals surface area contributed by atoms with Gasteiger partial charge < -0.3 is 4.74 Å². The number of nitrogens with one attached hydrogen (secondary N) is 1. The molecule has 1 heterocycles. The minimum absolute atomic E-state index is 0.0283. The first-order valence-electron chi connectivity index (χ1n) is 8.85. The molecule has 2 aromatic carbocycles. The first-order chi connectivity index (χ1) is 13.4. The highest BCUT2D eigenvalue weighted by Crippen LogP contribution is 2.45. The molecule has 28 heavy (non-hydrogen) atoms. The molecular weight excluding hydrogens is 380 g/mol. The predicted molar refractivity (Wildman–Crippen MR) is 104 cm³/mol. The van der Waals surface area contributed by atoms with Gasteiger partial charge in [0.15, 0.2) is 0 Å². The Morgan fingerprint density at radius 1 is 1.14 bits per heavy atom. The number of primary sulfonamides is 1. The number of rotatable bonds is 7. The van der Waals surface area contributed by atoms with Gasteiger partial charge in [-0.2, -0.15) is 0 Å². The van der Waals surface area contributed by atoms with Crippen LogP contribution >= 0.6 is 0 Å². The second-order valence-corrected chi connectivity index (χ2v) is 7.91. The zero-order valence-electron chi connectivity index (χ0n) is 15.4. The Morgan fingerprint density at radius 3 is 2.43 bits per heavy atom. The normalized spacial score (nSPS) is 19.0. The van der Waals surface area contributed by atoms with Crippen LogP contribution in [0.4, 0.5) is 0 Å². The molecule has 1 aliphatic rings. The lowest BCUT2D eigenvalue weighted by atomic mass is 9.80. The number of hydroxylamine groups is 1. The molecule has 0 saturated heterocycles. The molecule has 0 saturated carbocycles. The summed E-state index contributed by atoms with van der Waals surface area (Å²) in [6.45, 7) is 2.07. The molecule has 0 aromatic heterocycles. The van der Waals surface area contributed by atoms with Crippen LogP contribution in [0.25, 0.3) is 5.57 Å². The summed E-state index contributed by atoms with van der Waals surface area (Å²) in [7, 11) is -3.78. The molecule has 148 valence electrons. The van der Waals surface area contributed by atoms with Crippen molar-refractivity contribution in [3.63, 3.8) is 0 Å². The monoisotopic (exact) mass is 402 g/mol. The van der Waals surface area contributed by atoms with Crippen molar-refractivity contribution in [3.05, 3.63) is 71.9 Å². The van der Waals surface area contributed by atoms with Gasteiger partial charge >= 0.3 is 5.97 Å². The fourth-order valence-electron chi connectivity index (χ4n) is 3.26. The first kappa shape index (κ1) is 20.1. The van der Waals surface area contributed by atoms with E-state index >= 15 is 0 Å². The lowest BCUT2D eigenvalue weighted by molar-refractivity contribution is -0.145. The highest BCUT2D eigenvalue weighted by molar-refractivity contribution is 7.89. The smallest absolute Gasteiger partial charge is 0.305 e. The van der Waals surface area contributed by atoms with E-state index in [0.717, 1.165) is 16.7 Å². The van der Waals surface area contributed by atoms with Gasteiger partial charge in [-0.1, -0.05) is 42.5 Å². The fraction of sp³-hybridized carbons (Fsp3) is 0.250. The summed E-state index contributed by atoms with van der Waals surface area (Å²) in [4.78, 5) is 17.9. The minimum Gasteiger partial charge on any atom is -0.466 e. The lowest BCUT2D eigenvalue weighted by Gasteiger charge is -2.31. The standard InChI is InChI=1S/C20H22N2O5S/c1-2-26-19(23)12-13-20(16-6-4-3-5-7-16)18(14-22-27-20)15-8-10-17(11-9-15)28(21,24)25/h3-11,14,22H,2,12-13H2,1H3,(H2,21,24,25). The van der Waals surface area contributed by atoms with Crippen molar-refractivity contribution in [2.24, 2.45) is 5.14 Å². The summed E-state index contributed by atoms with van der Waals surface area (Å²) in [6, 6.07) is 15.8. The molecule has 2 aromatic rings. The van der Waals surface area contributed by atoms with E-state index in [1.165, 1.54) is 12.1 Å². The quantitative estimate of drug-likeness (QED) is 0.689. The van der Waals surface area contributed by atoms with E-state index in [2.05, 4.69) is 5.48 Å². The van der Waals surface area contributed by atoms with Crippen molar-refractivity contribution in [3.8, 4) is 0 Å². The van der Waals surface area contributed by atoms with Crippen molar-refractivity contribution in [1.29, 1.82) is 0 Å². The molecule has 0 spiro atoms. The minimum atomic E-state index is -3.78. The topological polar surface area (TPSA) is 108 Å². The molecule has 3 rings (SSSR count). The first-order valence-corrected chi connectivity index (χ1v) is 10.4. The lowest BCUT2D eigenvalue weighted by Crippen LogP contribution is -2.31. The molecule has 8 heteroatoms. The molecular formula is C20H22N2O5S. The van der Waals surface area contributed by atoms with Crippen molar-refractivity contribution in [1.82, 2.24) is 5.48 Å². The largest absolute Gasteiger partial charge is 0.466 e. The van der Waals surface area contributed by atoms with Gasteiger partial charge in [-0.15, -0.1) is 0 Å². The number of sulfonamides is 1. The van der Waals surface area contributed by atoms with Gasteiger partial charge in [0.05, 0.1) is 11.5 Å². The van der Waals surface area contributed by atoms with Gasteiger partial charge in [-0.25, -0.2) is 13.6 Å². The molecule has 7 nitrogen and oxygen atoms in total. The molecule has 1 aliphatic heterocycles. The molecule has 1 atom stereocenters. The Kier molecular flexibility index (Phi) is 5.83. The number of carbonyl (C=O) groups excluding carboxylic acids is 1. The van der Waals surface area contributed by atoms with Crippen LogP contribution in [0.15, 0.2) is 65.7 Å². The van der Waals surface area contributed by atoms with Crippen LogP contribution in [0.1, 0.15) is 30.9 Å². The van der Waals surface area contributed by atoms with E-state index < -0.39 is 15.6 Å². The molecule has 0 fully saturated rings. The number of esters is 1. The SMILES string of the molecule is CCOC(=O)CCC1(c2ccccc2)ONC=C1c1ccc(S(N)(=O)=O)cc1. The fourth-order valence-corrected chi connectivity index (χ4v) is 3.78. The summed E-state index contributed by atoms with van der Waals surface area (Å²) < 4.78 is 28.1. The third kappa shape index (κ3) is 4.09. The summed E-state index contributed by atoms with van der Waals surface area (Å²) >= 11 is 0. The Balaban J connectivity index is 1.99. The number of carbonyl (C=O) groups is 1. The average molecular weight is 402 g/mol. The van der Waals surface area contributed by atoms with E-state index in [0.29, 0.717) is 13.0 Å². The van der Waals surface area contributed by atoms with Crippen molar-refractivity contribution < 1.29 is 22.8 Å². The van der Waals surface area contributed by atoms with E-state index in [1.807, 2.05) is 30.3 Å². The summed E-state index contributed by atoms with van der Waals surface area (Å²) in [6.07, 6.45) is 2.23. The van der Waals surface area contributed by atoms with Gasteiger partial charge in [-0.05, 0) is 36.6 Å². The van der Waals surface area contributed by atoms with E-state index in [9.17, 15) is 13.2 Å². The summed E-state index contributed by atoms with van der Waals surface area (Å²) in [5, 5.41) is 5.18. The van der Waals surface area contributed by atoms with Gasteiger partial charge in [0.25, 0.3) is 0 Å². The van der Waals surface area contributed by atoms with Crippen molar-refractivity contribution in [2.45, 2.75) is 30.3 Å². The molecule has 0 radical (unpaired) electrons. The van der Waals surface area contributed by atoms with Gasteiger partial charge in [-0.3, -0.25) is 15.1 Å². The maximum atomic E-state index is 12.0. The summed E-state index contributed by atoms with van der Waals surface area (Å²) in [5.74, 6) is -0.308. The predicted octanol–water partition coefficient (Wildman–Crippen LogP) is 2.45. The molecule has 3 N–H and O–H groups in total. The van der Waals surface area contributed by atoms with Crippen molar-refractivity contribution in [2.75, 3.05) is 6.61 Å². The highest BCUT2D eigenvalue weighted by Gasteiger charge is 2.42. The molecule has 1 unspecified atom stereocenters. The number of hydrogen-bond acceptors (Lipinski definition) is 6. The Hall–Kier alpha value is -2.68. The average Bonchev–Trinajstić information content (AvgIpc) is 3.12. The van der Waals surface area contributed by atoms with Crippen LogP contribution in [-0.4, -0.2) is 21.0 Å². The van der Waals surface area contributed by atoms with E-state index in [4.69, 9.17) is 14.7 Å². The zero-order valence-corrected chi connectivity index (χ0v) is 16.2. The van der Waals surface area contributed by atoms with Crippen LogP contribution in [0, 0.1) is 0 Å². The van der Waals surface area contributed by atoms with Gasteiger partial charge in [0.2, 0.25) is 10.0 Å². The van der Waals surface area contributed by atoms with Crippen LogP contribution in [0.3, 0.4) is 0 Å². The van der Waals surface area contributed by atoms with E-state index in [-0.39, 0.29) is 17.3 Å². The Labute approximate surface area is 164 Å². The zero-order chi connectivity index (χ0) is 20.2. The third-order valence-electron chi connectivity index (χ3n) is 4.59. The number of hydrogen-bond donors (Lipinski definition) is 2. The van der Waals surface area contributed by atoms with Crippen LogP contribution < -0.4 is 10.6 Å². The Morgan fingerprint density at radius 2 is 1.82 bits per heavy atom. The van der Waals surface area contributed by atoms with Crippen LogP contribution in [-0.2, 0) is 30.0 Å². The Bertz CT molecular complexity index is 971. The molecule has 0 amide bonds. The summed E-state index contributed by atoms with van der Waals surface area (Å²) in [5.41, 5.74) is 4.29. The number of ether oxygens (including phenoxy) is 1. The highest BCUT2D eigenvalue weighted by atomic mass is 32.2. The van der Waals surface area contributed by atoms with Crippen LogP contribution in [0.2, 0.25) is 0 Å². The number of nitrogens with two attached hydrogens (primary N) is 1. The maximum Gasteiger partial charge on any atom is 0.305 e. The second kappa shape index (κ2) is 8.14. The molecule has 0 bridgehead atoms. The van der Waals surface area contributed by atoms with Crippen molar-refractivity contribution >= 4 is 21.6 Å².